The zero-order valence-electron chi connectivity index (χ0n) is 14.9. The Hall–Kier alpha value is -2.37. The fourth-order valence-corrected chi connectivity index (χ4v) is 3.35. The van der Waals surface area contributed by atoms with E-state index in [9.17, 15) is 9.90 Å². The minimum absolute atomic E-state index is 0.239. The van der Waals surface area contributed by atoms with Crippen LogP contribution in [0.1, 0.15) is 29.6 Å². The van der Waals surface area contributed by atoms with Gasteiger partial charge in [-0.05, 0) is 49.7 Å². The SMILES string of the molecule is NC(=O)c1cccc(-c2ccccc2OC[C@@H](O)CN2CCCCC2)c1. The van der Waals surface area contributed by atoms with Crippen molar-refractivity contribution in [3.63, 3.8) is 0 Å². The summed E-state index contributed by atoms with van der Waals surface area (Å²) in [5.41, 5.74) is 7.58. The number of benzene rings is 2. The Morgan fingerprint density at radius 3 is 2.65 bits per heavy atom. The molecular weight excluding hydrogens is 328 g/mol. The number of carbonyl (C=O) groups is 1. The van der Waals surface area contributed by atoms with Crippen LogP contribution in [-0.2, 0) is 0 Å². The van der Waals surface area contributed by atoms with Crippen LogP contribution in [0.2, 0.25) is 0 Å². The Morgan fingerprint density at radius 2 is 1.88 bits per heavy atom. The maximum atomic E-state index is 11.4. The predicted octanol–water partition coefficient (Wildman–Crippen LogP) is 2.68. The first-order chi connectivity index (χ1) is 12.6. The lowest BCUT2D eigenvalue weighted by molar-refractivity contribution is 0.0619. The molecule has 1 aliphatic rings. The van der Waals surface area contributed by atoms with Gasteiger partial charge in [0, 0.05) is 17.7 Å². The van der Waals surface area contributed by atoms with Gasteiger partial charge in [0.25, 0.3) is 0 Å². The van der Waals surface area contributed by atoms with E-state index >= 15 is 0 Å². The number of amides is 1. The van der Waals surface area contributed by atoms with Crippen molar-refractivity contribution in [3.05, 3.63) is 54.1 Å². The van der Waals surface area contributed by atoms with Crippen molar-refractivity contribution >= 4 is 5.91 Å². The topological polar surface area (TPSA) is 75.8 Å². The number of hydrogen-bond donors (Lipinski definition) is 2. The molecule has 5 heteroatoms. The summed E-state index contributed by atoms with van der Waals surface area (Å²) in [5, 5.41) is 10.3. The molecule has 2 aromatic rings. The first-order valence-corrected chi connectivity index (χ1v) is 9.16. The second-order valence-electron chi connectivity index (χ2n) is 6.77. The highest BCUT2D eigenvalue weighted by Crippen LogP contribution is 2.30. The number of hydrogen-bond acceptors (Lipinski definition) is 4. The lowest BCUT2D eigenvalue weighted by Gasteiger charge is -2.28. The standard InChI is InChI=1S/C21H26N2O3/c22-21(25)17-8-6-7-16(13-17)19-9-2-3-10-20(19)26-15-18(24)14-23-11-4-1-5-12-23/h2-3,6-10,13,18,24H,1,4-5,11-12,14-15H2,(H2,22,25)/t18-/m0/s1. The van der Waals surface area contributed by atoms with Crippen molar-refractivity contribution in [1.82, 2.24) is 4.90 Å². The highest BCUT2D eigenvalue weighted by molar-refractivity contribution is 5.94. The van der Waals surface area contributed by atoms with E-state index in [1.54, 1.807) is 18.2 Å². The molecule has 5 nitrogen and oxygen atoms in total. The number of para-hydroxylation sites is 1. The molecule has 0 aromatic heterocycles. The van der Waals surface area contributed by atoms with E-state index in [0.29, 0.717) is 17.9 Å². The van der Waals surface area contributed by atoms with Gasteiger partial charge in [0.05, 0.1) is 0 Å². The third-order valence-electron chi connectivity index (χ3n) is 4.69. The highest BCUT2D eigenvalue weighted by atomic mass is 16.5. The normalized spacial score (nSPS) is 16.2. The number of carbonyl (C=O) groups excluding carboxylic acids is 1. The maximum absolute atomic E-state index is 11.4. The molecular formula is C21H26N2O3. The van der Waals surface area contributed by atoms with E-state index in [2.05, 4.69) is 4.90 Å². The second kappa shape index (κ2) is 8.83. The summed E-state index contributed by atoms with van der Waals surface area (Å²) >= 11 is 0. The second-order valence-corrected chi connectivity index (χ2v) is 6.77. The number of rotatable bonds is 7. The first kappa shape index (κ1) is 18.4. The Kier molecular flexibility index (Phi) is 6.26. The summed E-state index contributed by atoms with van der Waals surface area (Å²) in [4.78, 5) is 13.7. The molecule has 2 aromatic carbocycles. The average molecular weight is 354 g/mol. The molecule has 0 aliphatic carbocycles. The van der Waals surface area contributed by atoms with Gasteiger partial charge in [0.2, 0.25) is 5.91 Å². The molecule has 1 atom stereocenters. The molecule has 0 radical (unpaired) electrons. The average Bonchev–Trinajstić information content (AvgIpc) is 2.67. The summed E-state index contributed by atoms with van der Waals surface area (Å²) in [6.45, 7) is 2.98. The first-order valence-electron chi connectivity index (χ1n) is 9.16. The van der Waals surface area contributed by atoms with Gasteiger partial charge in [0.15, 0.2) is 0 Å². The van der Waals surface area contributed by atoms with Gasteiger partial charge in [-0.25, -0.2) is 0 Å². The summed E-state index contributed by atoms with van der Waals surface area (Å²) < 4.78 is 5.90. The van der Waals surface area contributed by atoms with Crippen molar-refractivity contribution in [1.29, 1.82) is 0 Å². The zero-order chi connectivity index (χ0) is 18.4. The van der Waals surface area contributed by atoms with Crippen molar-refractivity contribution < 1.29 is 14.6 Å². The molecule has 1 heterocycles. The van der Waals surface area contributed by atoms with E-state index in [0.717, 1.165) is 24.2 Å². The van der Waals surface area contributed by atoms with Crippen molar-refractivity contribution in [3.8, 4) is 16.9 Å². The van der Waals surface area contributed by atoms with Gasteiger partial charge in [-0.1, -0.05) is 36.8 Å². The molecule has 0 unspecified atom stereocenters. The van der Waals surface area contributed by atoms with Gasteiger partial charge in [0.1, 0.15) is 18.5 Å². The monoisotopic (exact) mass is 354 g/mol. The fraction of sp³-hybridized carbons (Fsp3) is 0.381. The number of nitrogens with zero attached hydrogens (tertiary/aromatic N) is 1. The van der Waals surface area contributed by atoms with Crippen LogP contribution in [0.25, 0.3) is 11.1 Å². The van der Waals surface area contributed by atoms with Crippen molar-refractivity contribution in [2.45, 2.75) is 25.4 Å². The molecule has 26 heavy (non-hydrogen) atoms. The van der Waals surface area contributed by atoms with Crippen LogP contribution in [0.5, 0.6) is 5.75 Å². The number of aliphatic hydroxyl groups is 1. The molecule has 0 spiro atoms. The minimum atomic E-state index is -0.530. The molecule has 1 saturated heterocycles. The summed E-state index contributed by atoms with van der Waals surface area (Å²) in [6.07, 6.45) is 3.15. The van der Waals surface area contributed by atoms with Gasteiger partial charge in [-0.15, -0.1) is 0 Å². The third-order valence-corrected chi connectivity index (χ3v) is 4.69. The smallest absolute Gasteiger partial charge is 0.248 e. The molecule has 0 saturated carbocycles. The molecule has 1 aliphatic heterocycles. The molecule has 3 N–H and O–H groups in total. The van der Waals surface area contributed by atoms with Gasteiger partial charge in [-0.3, -0.25) is 4.79 Å². The number of aliphatic hydroxyl groups excluding tert-OH is 1. The van der Waals surface area contributed by atoms with E-state index < -0.39 is 12.0 Å². The maximum Gasteiger partial charge on any atom is 0.248 e. The third kappa shape index (κ3) is 4.84. The van der Waals surface area contributed by atoms with Gasteiger partial charge >= 0.3 is 0 Å². The lowest BCUT2D eigenvalue weighted by Crippen LogP contribution is -2.38. The van der Waals surface area contributed by atoms with Crippen LogP contribution < -0.4 is 10.5 Å². The quantitative estimate of drug-likeness (QED) is 0.801. The summed E-state index contributed by atoms with van der Waals surface area (Å²) in [7, 11) is 0. The van der Waals surface area contributed by atoms with Crippen LogP contribution in [0, 0.1) is 0 Å². The number of nitrogens with two attached hydrogens (primary N) is 1. The van der Waals surface area contributed by atoms with Crippen LogP contribution in [-0.4, -0.2) is 48.3 Å². The number of ether oxygens (including phenoxy) is 1. The zero-order valence-corrected chi connectivity index (χ0v) is 14.9. The van der Waals surface area contributed by atoms with E-state index in [-0.39, 0.29) is 6.61 Å². The Labute approximate surface area is 154 Å². The van der Waals surface area contributed by atoms with Crippen LogP contribution >= 0.6 is 0 Å². The highest BCUT2D eigenvalue weighted by Gasteiger charge is 2.16. The van der Waals surface area contributed by atoms with Crippen LogP contribution in [0.3, 0.4) is 0 Å². The van der Waals surface area contributed by atoms with Crippen LogP contribution in [0.15, 0.2) is 48.5 Å². The van der Waals surface area contributed by atoms with Crippen molar-refractivity contribution in [2.24, 2.45) is 5.73 Å². The molecule has 138 valence electrons. The Balaban J connectivity index is 1.67. The van der Waals surface area contributed by atoms with E-state index in [4.69, 9.17) is 10.5 Å². The van der Waals surface area contributed by atoms with Gasteiger partial charge in [-0.2, -0.15) is 0 Å². The number of piperidine rings is 1. The van der Waals surface area contributed by atoms with Crippen LogP contribution in [0.4, 0.5) is 0 Å². The summed E-state index contributed by atoms with van der Waals surface area (Å²) in [5.74, 6) is 0.231. The number of primary amides is 1. The fourth-order valence-electron chi connectivity index (χ4n) is 3.35. The minimum Gasteiger partial charge on any atom is -0.490 e. The Morgan fingerprint density at radius 1 is 1.12 bits per heavy atom. The molecule has 3 rings (SSSR count). The molecule has 0 bridgehead atoms. The predicted molar refractivity (Wildman–Crippen MR) is 102 cm³/mol. The summed E-state index contributed by atoms with van der Waals surface area (Å²) in [6, 6.07) is 14.8. The van der Waals surface area contributed by atoms with E-state index in [1.165, 1.54) is 19.3 Å². The van der Waals surface area contributed by atoms with E-state index in [1.807, 2.05) is 30.3 Å². The number of likely N-dealkylation sites (tertiary alicyclic amines) is 1. The Bertz CT molecular complexity index is 742. The largest absolute Gasteiger partial charge is 0.490 e. The number of β-amino-alcohol motifs (C(OH)–C–C–N with tert-alkyl or cyclic N) is 1. The lowest BCUT2D eigenvalue weighted by atomic mass is 10.0. The molecule has 1 fully saturated rings. The van der Waals surface area contributed by atoms with Gasteiger partial charge < -0.3 is 20.5 Å². The molecule has 1 amide bonds. The van der Waals surface area contributed by atoms with Crippen molar-refractivity contribution in [2.75, 3.05) is 26.2 Å².